The van der Waals surface area contributed by atoms with E-state index < -0.39 is 5.63 Å². The van der Waals surface area contributed by atoms with Crippen molar-refractivity contribution in [3.8, 4) is 5.75 Å². The average molecular weight is 454 g/mol. The molecule has 4 aromatic rings. The average Bonchev–Trinajstić information content (AvgIpc) is 3.16. The standard InChI is InChI=1S/C24H24ClN3O4/c1-13(2)8-19(24-27-17-6-4-5-7-18(17)28-24)26-22(29)12-31-21-11-20-15(10-16(21)25)14(3)9-23(30)32-20/h4-7,9-11,13,19H,8,12H2,1-3H3,(H,26,29)(H,27,28)/t19-/m1/s1. The Balaban J connectivity index is 1.50. The predicted octanol–water partition coefficient (Wildman–Crippen LogP) is 4.91. The van der Waals surface area contributed by atoms with Gasteiger partial charge in [-0.05, 0) is 43.0 Å². The summed E-state index contributed by atoms with van der Waals surface area (Å²) in [7, 11) is 0. The van der Waals surface area contributed by atoms with E-state index in [0.717, 1.165) is 16.6 Å². The van der Waals surface area contributed by atoms with Crippen LogP contribution in [0.4, 0.5) is 0 Å². The number of carbonyl (C=O) groups is 1. The van der Waals surface area contributed by atoms with Gasteiger partial charge >= 0.3 is 5.63 Å². The zero-order chi connectivity index (χ0) is 22.8. The van der Waals surface area contributed by atoms with Crippen LogP contribution in [0.2, 0.25) is 5.02 Å². The molecule has 0 spiro atoms. The lowest BCUT2D eigenvalue weighted by Gasteiger charge is -2.19. The van der Waals surface area contributed by atoms with Gasteiger partial charge in [0.1, 0.15) is 17.2 Å². The topological polar surface area (TPSA) is 97.2 Å². The zero-order valence-corrected chi connectivity index (χ0v) is 18.8. The minimum absolute atomic E-state index is 0.240. The highest BCUT2D eigenvalue weighted by Crippen LogP contribution is 2.31. The van der Waals surface area contributed by atoms with Crippen molar-refractivity contribution in [3.63, 3.8) is 0 Å². The zero-order valence-electron chi connectivity index (χ0n) is 18.1. The first-order chi connectivity index (χ1) is 15.3. The molecule has 0 saturated carbocycles. The van der Waals surface area contributed by atoms with Crippen molar-refractivity contribution in [2.45, 2.75) is 33.2 Å². The van der Waals surface area contributed by atoms with Crippen LogP contribution in [0.3, 0.4) is 0 Å². The van der Waals surface area contributed by atoms with Crippen LogP contribution < -0.4 is 15.7 Å². The molecule has 0 saturated heterocycles. The molecule has 2 aromatic carbocycles. The van der Waals surface area contributed by atoms with E-state index in [2.05, 4.69) is 29.1 Å². The van der Waals surface area contributed by atoms with E-state index in [1.807, 2.05) is 24.3 Å². The summed E-state index contributed by atoms with van der Waals surface area (Å²) >= 11 is 6.32. The third-order valence-electron chi connectivity index (χ3n) is 5.14. The Morgan fingerprint density at radius 1 is 1.25 bits per heavy atom. The van der Waals surface area contributed by atoms with Crippen LogP contribution in [0.5, 0.6) is 5.75 Å². The first-order valence-corrected chi connectivity index (χ1v) is 10.8. The Morgan fingerprint density at radius 3 is 2.78 bits per heavy atom. The van der Waals surface area contributed by atoms with Crippen molar-refractivity contribution in [1.82, 2.24) is 15.3 Å². The number of para-hydroxylation sites is 2. The van der Waals surface area contributed by atoms with Gasteiger partial charge in [-0.15, -0.1) is 0 Å². The quantitative estimate of drug-likeness (QED) is 0.387. The van der Waals surface area contributed by atoms with Gasteiger partial charge in [0, 0.05) is 17.5 Å². The molecule has 0 unspecified atom stereocenters. The number of H-pyrrole nitrogens is 1. The number of aryl methyl sites for hydroxylation is 1. The number of benzene rings is 2. The molecule has 4 rings (SSSR count). The number of ether oxygens (including phenoxy) is 1. The Bertz CT molecular complexity index is 1310. The van der Waals surface area contributed by atoms with Gasteiger partial charge in [-0.3, -0.25) is 4.79 Å². The second-order valence-corrected chi connectivity index (χ2v) is 8.61. The molecule has 8 heteroatoms. The van der Waals surface area contributed by atoms with Crippen molar-refractivity contribution in [3.05, 3.63) is 69.3 Å². The lowest BCUT2D eigenvalue weighted by Crippen LogP contribution is -2.34. The normalized spacial score (nSPS) is 12.4. The lowest BCUT2D eigenvalue weighted by atomic mass is 10.0. The number of hydrogen-bond donors (Lipinski definition) is 2. The van der Waals surface area contributed by atoms with E-state index >= 15 is 0 Å². The highest BCUT2D eigenvalue weighted by Gasteiger charge is 2.20. The molecule has 0 radical (unpaired) electrons. The molecule has 2 aromatic heterocycles. The molecular formula is C24H24ClN3O4. The maximum Gasteiger partial charge on any atom is 0.336 e. The maximum absolute atomic E-state index is 12.7. The maximum atomic E-state index is 12.7. The van der Waals surface area contributed by atoms with Crippen LogP contribution in [0.25, 0.3) is 22.0 Å². The van der Waals surface area contributed by atoms with Gasteiger partial charge in [-0.2, -0.15) is 0 Å². The molecule has 7 nitrogen and oxygen atoms in total. The minimum Gasteiger partial charge on any atom is -0.482 e. The summed E-state index contributed by atoms with van der Waals surface area (Å²) in [6, 6.07) is 12.0. The van der Waals surface area contributed by atoms with Gasteiger partial charge < -0.3 is 19.5 Å². The predicted molar refractivity (Wildman–Crippen MR) is 124 cm³/mol. The van der Waals surface area contributed by atoms with Gasteiger partial charge in [0.25, 0.3) is 5.91 Å². The molecule has 0 bridgehead atoms. The molecule has 0 aliphatic carbocycles. The van der Waals surface area contributed by atoms with Gasteiger partial charge in [-0.25, -0.2) is 9.78 Å². The van der Waals surface area contributed by atoms with Crippen LogP contribution in [0, 0.1) is 12.8 Å². The summed E-state index contributed by atoms with van der Waals surface area (Å²) in [6.07, 6.45) is 0.715. The number of fused-ring (bicyclic) bond motifs is 2. The molecule has 32 heavy (non-hydrogen) atoms. The molecule has 2 N–H and O–H groups in total. The van der Waals surface area contributed by atoms with Gasteiger partial charge in [0.05, 0.1) is 22.1 Å². The van der Waals surface area contributed by atoms with E-state index in [1.165, 1.54) is 12.1 Å². The third kappa shape index (κ3) is 4.78. The van der Waals surface area contributed by atoms with Gasteiger partial charge in [-0.1, -0.05) is 37.6 Å². The monoisotopic (exact) mass is 453 g/mol. The molecule has 1 atom stereocenters. The SMILES string of the molecule is Cc1cc(=O)oc2cc(OCC(=O)N[C@H](CC(C)C)c3nc4ccccc4[nH]3)c(Cl)cc12. The lowest BCUT2D eigenvalue weighted by molar-refractivity contribution is -0.124. The number of hydrogen-bond acceptors (Lipinski definition) is 5. The smallest absolute Gasteiger partial charge is 0.336 e. The van der Waals surface area contributed by atoms with Crippen LogP contribution >= 0.6 is 11.6 Å². The summed E-state index contributed by atoms with van der Waals surface area (Å²) in [5.41, 5.74) is 2.42. The van der Waals surface area contributed by atoms with E-state index in [9.17, 15) is 9.59 Å². The largest absolute Gasteiger partial charge is 0.482 e. The number of carbonyl (C=O) groups excluding carboxylic acids is 1. The second-order valence-electron chi connectivity index (χ2n) is 8.20. The third-order valence-corrected chi connectivity index (χ3v) is 5.44. The van der Waals surface area contributed by atoms with Crippen molar-refractivity contribution in [1.29, 1.82) is 0 Å². The van der Waals surface area contributed by atoms with Crippen molar-refractivity contribution in [2.75, 3.05) is 6.61 Å². The highest BCUT2D eigenvalue weighted by molar-refractivity contribution is 6.32. The number of nitrogens with one attached hydrogen (secondary N) is 2. The summed E-state index contributed by atoms with van der Waals surface area (Å²) in [4.78, 5) is 32.3. The molecule has 1 amide bonds. The summed E-state index contributed by atoms with van der Waals surface area (Å²) < 4.78 is 10.9. The molecular weight excluding hydrogens is 430 g/mol. The number of imidazole rings is 1. The molecule has 0 aliphatic heterocycles. The first-order valence-electron chi connectivity index (χ1n) is 10.4. The van der Waals surface area contributed by atoms with Gasteiger partial charge in [0.2, 0.25) is 0 Å². The van der Waals surface area contributed by atoms with Crippen LogP contribution in [-0.4, -0.2) is 22.5 Å². The fourth-order valence-corrected chi connectivity index (χ4v) is 3.88. The van der Waals surface area contributed by atoms with Crippen LogP contribution in [0.1, 0.15) is 37.7 Å². The van der Waals surface area contributed by atoms with Gasteiger partial charge in [0.15, 0.2) is 6.61 Å². The Hall–Kier alpha value is -3.32. The Morgan fingerprint density at radius 2 is 2.03 bits per heavy atom. The van der Waals surface area contributed by atoms with Crippen molar-refractivity contribution < 1.29 is 13.9 Å². The molecule has 0 aliphatic rings. The number of rotatable bonds is 7. The second kappa shape index (κ2) is 9.04. The molecule has 0 fully saturated rings. The highest BCUT2D eigenvalue weighted by atomic mass is 35.5. The fraction of sp³-hybridized carbons (Fsp3) is 0.292. The van der Waals surface area contributed by atoms with E-state index in [-0.39, 0.29) is 24.3 Å². The fourth-order valence-electron chi connectivity index (χ4n) is 3.66. The van der Waals surface area contributed by atoms with Crippen molar-refractivity contribution >= 4 is 39.5 Å². The van der Waals surface area contributed by atoms with Crippen molar-refractivity contribution in [2.24, 2.45) is 5.92 Å². The number of amides is 1. The van der Waals surface area contributed by atoms with E-state index in [0.29, 0.717) is 34.2 Å². The number of aromatic nitrogens is 2. The summed E-state index contributed by atoms with van der Waals surface area (Å²) in [5, 5.41) is 4.04. The summed E-state index contributed by atoms with van der Waals surface area (Å²) in [5.74, 6) is 1.01. The van der Waals surface area contributed by atoms with Crippen LogP contribution in [-0.2, 0) is 4.79 Å². The number of halogens is 1. The number of aromatic amines is 1. The Labute approximate surface area is 189 Å². The van der Waals surface area contributed by atoms with E-state index in [1.54, 1.807) is 13.0 Å². The molecule has 166 valence electrons. The van der Waals surface area contributed by atoms with Crippen LogP contribution in [0.15, 0.2) is 51.7 Å². The first kappa shape index (κ1) is 21.9. The molecule has 2 heterocycles. The number of nitrogens with zero attached hydrogens (tertiary/aromatic N) is 1. The van der Waals surface area contributed by atoms with E-state index in [4.69, 9.17) is 20.8 Å². The summed E-state index contributed by atoms with van der Waals surface area (Å²) in [6.45, 7) is 5.73. The Kier molecular flexibility index (Phi) is 6.19. The minimum atomic E-state index is -0.455.